The van der Waals surface area contributed by atoms with Crippen LogP contribution in [-0.4, -0.2) is 11.6 Å². The molecule has 0 spiro atoms. The first-order valence-electron chi connectivity index (χ1n) is 7.55. The van der Waals surface area contributed by atoms with E-state index in [1.54, 1.807) is 6.20 Å². The van der Waals surface area contributed by atoms with Crippen molar-refractivity contribution in [2.75, 3.05) is 6.61 Å². The van der Waals surface area contributed by atoms with Crippen LogP contribution in [0.15, 0.2) is 18.3 Å². The van der Waals surface area contributed by atoms with Gasteiger partial charge < -0.3 is 10.5 Å². The molecule has 2 N–H and O–H groups in total. The Hall–Kier alpha value is -1.09. The second-order valence-electron chi connectivity index (χ2n) is 5.16. The molecule has 3 nitrogen and oxygen atoms in total. The molecule has 0 saturated carbocycles. The highest BCUT2D eigenvalue weighted by Gasteiger charge is 2.08. The van der Waals surface area contributed by atoms with Gasteiger partial charge in [-0.15, -0.1) is 0 Å². The lowest BCUT2D eigenvalue weighted by Gasteiger charge is -2.16. The summed E-state index contributed by atoms with van der Waals surface area (Å²) in [6, 6.07) is 3.97. The van der Waals surface area contributed by atoms with Gasteiger partial charge in [0.05, 0.1) is 18.5 Å². The van der Waals surface area contributed by atoms with Gasteiger partial charge in [-0.05, 0) is 30.9 Å². The fraction of sp³-hybridized carbons (Fsp3) is 0.688. The zero-order chi connectivity index (χ0) is 14.1. The number of hydrogen-bond donors (Lipinski definition) is 1. The van der Waals surface area contributed by atoms with Gasteiger partial charge in [-0.3, -0.25) is 4.98 Å². The highest BCUT2D eigenvalue weighted by molar-refractivity contribution is 5.21. The first kappa shape index (κ1) is 16.0. The number of rotatable bonds is 9. The van der Waals surface area contributed by atoms with Crippen molar-refractivity contribution >= 4 is 0 Å². The molecule has 1 heterocycles. The molecular formula is C16H28N2O. The van der Waals surface area contributed by atoms with Crippen molar-refractivity contribution < 1.29 is 4.74 Å². The number of ether oxygens (including phenoxy) is 1. The third-order valence-corrected chi connectivity index (χ3v) is 3.61. The quantitative estimate of drug-likeness (QED) is 0.731. The molecule has 0 aromatic carbocycles. The minimum Gasteiger partial charge on any atom is -0.492 e. The van der Waals surface area contributed by atoms with Crippen molar-refractivity contribution in [3.05, 3.63) is 24.0 Å². The Morgan fingerprint density at radius 3 is 2.53 bits per heavy atom. The zero-order valence-corrected chi connectivity index (χ0v) is 12.6. The molecule has 0 fully saturated rings. The van der Waals surface area contributed by atoms with Gasteiger partial charge in [0.1, 0.15) is 5.75 Å². The van der Waals surface area contributed by atoms with E-state index < -0.39 is 0 Å². The Kier molecular flexibility index (Phi) is 7.49. The minimum atomic E-state index is 0.0296. The van der Waals surface area contributed by atoms with Gasteiger partial charge in [-0.1, -0.05) is 40.0 Å². The average Bonchev–Trinajstić information content (AvgIpc) is 2.47. The van der Waals surface area contributed by atoms with Gasteiger partial charge in [0.2, 0.25) is 0 Å². The highest BCUT2D eigenvalue weighted by Crippen LogP contribution is 2.18. The summed E-state index contributed by atoms with van der Waals surface area (Å²) in [4.78, 5) is 4.37. The van der Waals surface area contributed by atoms with E-state index in [9.17, 15) is 0 Å². The van der Waals surface area contributed by atoms with Gasteiger partial charge in [-0.25, -0.2) is 0 Å². The molecule has 0 aliphatic carbocycles. The molecule has 19 heavy (non-hydrogen) atoms. The van der Waals surface area contributed by atoms with Gasteiger partial charge in [0.25, 0.3) is 0 Å². The molecule has 0 bridgehead atoms. The SMILES string of the molecule is CCCCC(CC)COc1ccc([C@H](N)CC)nc1. The predicted octanol–water partition coefficient (Wildman–Crippen LogP) is 4.09. The van der Waals surface area contributed by atoms with E-state index in [0.717, 1.165) is 24.5 Å². The van der Waals surface area contributed by atoms with E-state index in [4.69, 9.17) is 10.5 Å². The number of hydrogen-bond acceptors (Lipinski definition) is 3. The second kappa shape index (κ2) is 8.92. The number of nitrogens with zero attached hydrogens (tertiary/aromatic N) is 1. The summed E-state index contributed by atoms with van der Waals surface area (Å²) in [5.41, 5.74) is 6.88. The molecule has 0 saturated heterocycles. The summed E-state index contributed by atoms with van der Waals surface area (Å²) >= 11 is 0. The molecule has 1 rings (SSSR count). The van der Waals surface area contributed by atoms with Crippen LogP contribution in [0.4, 0.5) is 0 Å². The van der Waals surface area contributed by atoms with E-state index in [2.05, 4.69) is 25.8 Å². The highest BCUT2D eigenvalue weighted by atomic mass is 16.5. The molecule has 3 heteroatoms. The fourth-order valence-electron chi connectivity index (χ4n) is 2.02. The number of aromatic nitrogens is 1. The van der Waals surface area contributed by atoms with E-state index >= 15 is 0 Å². The monoisotopic (exact) mass is 264 g/mol. The molecule has 0 aliphatic rings. The Bertz CT molecular complexity index is 337. The molecule has 0 amide bonds. The Labute approximate surface area is 117 Å². The van der Waals surface area contributed by atoms with Crippen molar-refractivity contribution in [2.24, 2.45) is 11.7 Å². The zero-order valence-electron chi connectivity index (χ0n) is 12.6. The van der Waals surface area contributed by atoms with Gasteiger partial charge in [0, 0.05) is 6.04 Å². The Balaban J connectivity index is 2.44. The largest absolute Gasteiger partial charge is 0.492 e. The lowest BCUT2D eigenvalue weighted by molar-refractivity contribution is 0.232. The normalized spacial score (nSPS) is 14.1. The number of unbranched alkanes of at least 4 members (excludes halogenated alkanes) is 1. The fourth-order valence-corrected chi connectivity index (χ4v) is 2.02. The van der Waals surface area contributed by atoms with Gasteiger partial charge >= 0.3 is 0 Å². The smallest absolute Gasteiger partial charge is 0.137 e. The van der Waals surface area contributed by atoms with Crippen LogP contribution in [0, 0.1) is 5.92 Å². The topological polar surface area (TPSA) is 48.1 Å². The third kappa shape index (κ3) is 5.60. The second-order valence-corrected chi connectivity index (χ2v) is 5.16. The summed E-state index contributed by atoms with van der Waals surface area (Å²) in [7, 11) is 0. The van der Waals surface area contributed by atoms with Crippen LogP contribution < -0.4 is 10.5 Å². The maximum Gasteiger partial charge on any atom is 0.137 e. The first-order chi connectivity index (χ1) is 9.21. The van der Waals surface area contributed by atoms with Gasteiger partial charge in [-0.2, -0.15) is 0 Å². The van der Waals surface area contributed by atoms with Crippen LogP contribution in [-0.2, 0) is 0 Å². The lowest BCUT2D eigenvalue weighted by atomic mass is 10.0. The van der Waals surface area contributed by atoms with Crippen LogP contribution in [0.5, 0.6) is 5.75 Å². The van der Waals surface area contributed by atoms with E-state index in [-0.39, 0.29) is 6.04 Å². The van der Waals surface area contributed by atoms with Crippen LogP contribution in [0.1, 0.15) is 64.6 Å². The molecule has 1 aromatic heterocycles. The van der Waals surface area contributed by atoms with Crippen LogP contribution in [0.2, 0.25) is 0 Å². The van der Waals surface area contributed by atoms with Crippen molar-refractivity contribution in [1.82, 2.24) is 4.98 Å². The van der Waals surface area contributed by atoms with Crippen LogP contribution >= 0.6 is 0 Å². The molecule has 0 radical (unpaired) electrons. The third-order valence-electron chi connectivity index (χ3n) is 3.61. The summed E-state index contributed by atoms with van der Waals surface area (Å²) in [6.45, 7) is 7.31. The maximum atomic E-state index is 5.94. The minimum absolute atomic E-state index is 0.0296. The number of nitrogens with two attached hydrogens (primary N) is 1. The summed E-state index contributed by atoms with van der Waals surface area (Å²) in [5.74, 6) is 1.50. The van der Waals surface area contributed by atoms with E-state index in [1.807, 2.05) is 12.1 Å². The van der Waals surface area contributed by atoms with Crippen molar-refractivity contribution in [3.63, 3.8) is 0 Å². The van der Waals surface area contributed by atoms with E-state index in [0.29, 0.717) is 5.92 Å². The molecule has 2 atom stereocenters. The molecule has 0 aliphatic heterocycles. The lowest BCUT2D eigenvalue weighted by Crippen LogP contribution is -2.12. The standard InChI is InChI=1S/C16H28N2O/c1-4-7-8-13(5-2)12-19-14-9-10-16(18-11-14)15(17)6-3/h9-11,13,15H,4-8,12,17H2,1-3H3/t13?,15-/m1/s1. The van der Waals surface area contributed by atoms with Crippen molar-refractivity contribution in [1.29, 1.82) is 0 Å². The van der Waals surface area contributed by atoms with E-state index in [1.165, 1.54) is 25.7 Å². The number of pyridine rings is 1. The van der Waals surface area contributed by atoms with Crippen LogP contribution in [0.25, 0.3) is 0 Å². The molecule has 1 unspecified atom stereocenters. The Morgan fingerprint density at radius 1 is 1.21 bits per heavy atom. The Morgan fingerprint density at radius 2 is 2.00 bits per heavy atom. The molecule has 108 valence electrons. The predicted molar refractivity (Wildman–Crippen MR) is 80.3 cm³/mol. The molecule has 1 aromatic rings. The summed E-state index contributed by atoms with van der Waals surface area (Å²) in [5, 5.41) is 0. The summed E-state index contributed by atoms with van der Waals surface area (Å²) < 4.78 is 5.82. The first-order valence-corrected chi connectivity index (χ1v) is 7.55. The summed E-state index contributed by atoms with van der Waals surface area (Å²) in [6.07, 6.45) is 7.65. The molecular weight excluding hydrogens is 236 g/mol. The van der Waals surface area contributed by atoms with Crippen molar-refractivity contribution in [2.45, 2.75) is 58.9 Å². The average molecular weight is 264 g/mol. The van der Waals surface area contributed by atoms with Gasteiger partial charge in [0.15, 0.2) is 0 Å². The van der Waals surface area contributed by atoms with Crippen molar-refractivity contribution in [3.8, 4) is 5.75 Å². The van der Waals surface area contributed by atoms with Crippen LogP contribution in [0.3, 0.4) is 0 Å². The maximum absolute atomic E-state index is 5.94.